The Balaban J connectivity index is 0.000000437. The van der Waals surface area contributed by atoms with Gasteiger partial charge < -0.3 is 19.9 Å². The Bertz CT molecular complexity index is 574. The summed E-state index contributed by atoms with van der Waals surface area (Å²) in [6.45, 7) is 1.62. The molecule has 17 heavy (non-hydrogen) atoms. The molecule has 0 saturated heterocycles. The lowest BCUT2D eigenvalue weighted by Crippen LogP contribution is -2.01. The standard InChI is InChI=1S/C10H8O4.C2H7N/c1-5-2-6-3-7(11)8(12)4-9(6)14-10(5)13;1-3-2/h2-4,11-12H,1H3;3H,1-2H3. The van der Waals surface area contributed by atoms with Gasteiger partial charge in [-0.05, 0) is 33.2 Å². The number of aromatic hydroxyl groups is 2. The van der Waals surface area contributed by atoms with E-state index in [1.54, 1.807) is 13.0 Å². The largest absolute Gasteiger partial charge is 0.504 e. The van der Waals surface area contributed by atoms with Crippen LogP contribution in [0.3, 0.4) is 0 Å². The van der Waals surface area contributed by atoms with Gasteiger partial charge in [0.25, 0.3) is 0 Å². The van der Waals surface area contributed by atoms with Gasteiger partial charge in [0.1, 0.15) is 5.58 Å². The van der Waals surface area contributed by atoms with Crippen LogP contribution in [0.4, 0.5) is 0 Å². The van der Waals surface area contributed by atoms with Crippen LogP contribution in [0.2, 0.25) is 0 Å². The molecule has 1 aromatic heterocycles. The van der Waals surface area contributed by atoms with Gasteiger partial charge in [0, 0.05) is 17.0 Å². The predicted octanol–water partition coefficient (Wildman–Crippen LogP) is 1.35. The average Bonchev–Trinajstić information content (AvgIpc) is 2.24. The number of aryl methyl sites for hydroxylation is 1. The zero-order valence-electron chi connectivity index (χ0n) is 9.94. The molecule has 92 valence electrons. The predicted molar refractivity (Wildman–Crippen MR) is 65.5 cm³/mol. The van der Waals surface area contributed by atoms with Gasteiger partial charge in [-0.2, -0.15) is 0 Å². The zero-order chi connectivity index (χ0) is 13.0. The minimum absolute atomic E-state index is 0.231. The molecule has 0 aliphatic heterocycles. The maximum atomic E-state index is 11.1. The van der Waals surface area contributed by atoms with Crippen molar-refractivity contribution in [3.05, 3.63) is 34.2 Å². The Hall–Kier alpha value is -2.01. The van der Waals surface area contributed by atoms with Crippen molar-refractivity contribution in [3.63, 3.8) is 0 Å². The average molecular weight is 237 g/mol. The van der Waals surface area contributed by atoms with Crippen molar-refractivity contribution >= 4 is 11.0 Å². The Kier molecular flexibility index (Phi) is 4.12. The highest BCUT2D eigenvalue weighted by Gasteiger charge is 2.05. The maximum absolute atomic E-state index is 11.1. The summed E-state index contributed by atoms with van der Waals surface area (Å²) in [4.78, 5) is 11.1. The van der Waals surface area contributed by atoms with Crippen molar-refractivity contribution in [3.8, 4) is 11.5 Å². The number of hydrogen-bond donors (Lipinski definition) is 3. The van der Waals surface area contributed by atoms with E-state index in [0.29, 0.717) is 10.9 Å². The van der Waals surface area contributed by atoms with Crippen molar-refractivity contribution in [2.75, 3.05) is 14.1 Å². The first kappa shape index (κ1) is 13.1. The topological polar surface area (TPSA) is 82.7 Å². The van der Waals surface area contributed by atoms with Gasteiger partial charge in [0.05, 0.1) is 0 Å². The van der Waals surface area contributed by atoms with Gasteiger partial charge in [-0.3, -0.25) is 0 Å². The fourth-order valence-corrected chi connectivity index (χ4v) is 1.25. The molecule has 1 aromatic carbocycles. The summed E-state index contributed by atoms with van der Waals surface area (Å²) in [6, 6.07) is 4.16. The molecule has 0 unspecified atom stereocenters. The Morgan fingerprint density at radius 3 is 2.24 bits per heavy atom. The second kappa shape index (κ2) is 5.36. The monoisotopic (exact) mass is 237 g/mol. The fourth-order valence-electron chi connectivity index (χ4n) is 1.25. The molecule has 5 heteroatoms. The van der Waals surface area contributed by atoms with E-state index in [1.165, 1.54) is 12.1 Å². The van der Waals surface area contributed by atoms with Crippen LogP contribution in [-0.2, 0) is 0 Å². The fraction of sp³-hybridized carbons (Fsp3) is 0.250. The highest BCUT2D eigenvalue weighted by atomic mass is 16.4. The molecule has 0 saturated carbocycles. The number of phenolic OH excluding ortho intramolecular Hbond substituents is 2. The molecular weight excluding hydrogens is 222 g/mol. The third-order valence-electron chi connectivity index (χ3n) is 2.00. The van der Waals surface area contributed by atoms with Crippen molar-refractivity contribution in [2.24, 2.45) is 0 Å². The number of phenols is 2. The van der Waals surface area contributed by atoms with Crippen molar-refractivity contribution in [1.82, 2.24) is 5.32 Å². The van der Waals surface area contributed by atoms with Crippen LogP contribution in [0.15, 0.2) is 27.4 Å². The summed E-state index contributed by atoms with van der Waals surface area (Å²) in [7, 11) is 3.75. The van der Waals surface area contributed by atoms with Crippen LogP contribution in [0.5, 0.6) is 11.5 Å². The normalized spacial score (nSPS) is 9.82. The molecule has 2 aromatic rings. The van der Waals surface area contributed by atoms with Gasteiger partial charge >= 0.3 is 5.63 Å². The highest BCUT2D eigenvalue weighted by Crippen LogP contribution is 2.29. The van der Waals surface area contributed by atoms with E-state index in [0.717, 1.165) is 0 Å². The van der Waals surface area contributed by atoms with E-state index in [4.69, 9.17) is 9.52 Å². The number of nitrogens with one attached hydrogen (secondary N) is 1. The third kappa shape index (κ3) is 2.98. The van der Waals surface area contributed by atoms with Crippen LogP contribution in [0.1, 0.15) is 5.56 Å². The molecule has 0 radical (unpaired) electrons. The van der Waals surface area contributed by atoms with E-state index >= 15 is 0 Å². The first-order valence-electron chi connectivity index (χ1n) is 5.04. The summed E-state index contributed by atoms with van der Waals surface area (Å²) in [5, 5.41) is 21.7. The van der Waals surface area contributed by atoms with Crippen molar-refractivity contribution in [2.45, 2.75) is 6.92 Å². The molecule has 0 bridgehead atoms. The minimum atomic E-state index is -0.442. The van der Waals surface area contributed by atoms with Crippen LogP contribution >= 0.6 is 0 Å². The first-order chi connectivity index (χ1) is 7.99. The Morgan fingerprint density at radius 2 is 1.65 bits per heavy atom. The van der Waals surface area contributed by atoms with Gasteiger partial charge in [-0.25, -0.2) is 4.79 Å². The maximum Gasteiger partial charge on any atom is 0.339 e. The number of fused-ring (bicyclic) bond motifs is 1. The van der Waals surface area contributed by atoms with Crippen LogP contribution < -0.4 is 10.9 Å². The number of benzene rings is 1. The van der Waals surface area contributed by atoms with Crippen LogP contribution in [0.25, 0.3) is 11.0 Å². The molecule has 0 atom stereocenters. The Morgan fingerprint density at radius 1 is 1.12 bits per heavy atom. The lowest BCUT2D eigenvalue weighted by Gasteiger charge is -2.00. The molecule has 5 nitrogen and oxygen atoms in total. The molecule has 2 rings (SSSR count). The van der Waals surface area contributed by atoms with Crippen molar-refractivity contribution in [1.29, 1.82) is 0 Å². The smallest absolute Gasteiger partial charge is 0.339 e. The molecule has 0 fully saturated rings. The SMILES string of the molecule is CNC.Cc1cc2cc(O)c(O)cc2oc1=O. The van der Waals surface area contributed by atoms with E-state index in [-0.39, 0.29) is 17.1 Å². The van der Waals surface area contributed by atoms with Crippen LogP contribution in [-0.4, -0.2) is 24.3 Å². The lowest BCUT2D eigenvalue weighted by molar-refractivity contribution is 0.403. The quantitative estimate of drug-likeness (QED) is 0.476. The lowest BCUT2D eigenvalue weighted by atomic mass is 10.2. The summed E-state index contributed by atoms with van der Waals surface area (Å²) in [5.41, 5.74) is 0.279. The van der Waals surface area contributed by atoms with Gasteiger partial charge in [-0.1, -0.05) is 0 Å². The highest BCUT2D eigenvalue weighted by molar-refractivity contribution is 5.80. The second-order valence-corrected chi connectivity index (χ2v) is 3.60. The number of hydrogen-bond acceptors (Lipinski definition) is 5. The summed E-state index contributed by atoms with van der Waals surface area (Å²) >= 11 is 0. The molecule has 0 amide bonds. The molecule has 0 aliphatic carbocycles. The van der Waals surface area contributed by atoms with E-state index in [2.05, 4.69) is 5.32 Å². The van der Waals surface area contributed by atoms with E-state index < -0.39 is 5.63 Å². The third-order valence-corrected chi connectivity index (χ3v) is 2.00. The minimum Gasteiger partial charge on any atom is -0.504 e. The molecule has 1 heterocycles. The van der Waals surface area contributed by atoms with Gasteiger partial charge in [0.15, 0.2) is 11.5 Å². The molecule has 3 N–H and O–H groups in total. The Labute approximate surface area is 98.3 Å². The van der Waals surface area contributed by atoms with Crippen molar-refractivity contribution < 1.29 is 14.6 Å². The van der Waals surface area contributed by atoms with Gasteiger partial charge in [-0.15, -0.1) is 0 Å². The van der Waals surface area contributed by atoms with E-state index in [9.17, 15) is 9.90 Å². The summed E-state index contributed by atoms with van der Waals surface area (Å²) < 4.78 is 4.90. The van der Waals surface area contributed by atoms with E-state index in [1.807, 2.05) is 14.1 Å². The zero-order valence-corrected chi connectivity index (χ0v) is 9.94. The van der Waals surface area contributed by atoms with Crippen LogP contribution in [0, 0.1) is 6.92 Å². The number of rotatable bonds is 0. The first-order valence-corrected chi connectivity index (χ1v) is 5.04. The summed E-state index contributed by atoms with van der Waals surface area (Å²) in [5.74, 6) is -0.532. The molecule has 0 aliphatic rings. The molecular formula is C12H15NO4. The summed E-state index contributed by atoms with van der Waals surface area (Å²) in [6.07, 6.45) is 0. The second-order valence-electron chi connectivity index (χ2n) is 3.60. The van der Waals surface area contributed by atoms with Gasteiger partial charge in [0.2, 0.25) is 0 Å². The molecule has 0 spiro atoms.